The molecular weight excluding hydrogens is 248 g/mol. The first-order valence-electron chi connectivity index (χ1n) is 6.15. The van der Waals surface area contributed by atoms with Crippen LogP contribution in [0.5, 0.6) is 0 Å². The molecule has 5 nitrogen and oxygen atoms in total. The number of carbonyl (C=O) groups is 1. The Morgan fingerprint density at radius 3 is 2.61 bits per heavy atom. The lowest BCUT2D eigenvalue weighted by molar-refractivity contribution is -0.118. The maximum atomic E-state index is 11.6. The molecule has 0 saturated carbocycles. The molecule has 1 heterocycles. The summed E-state index contributed by atoms with van der Waals surface area (Å²) >= 11 is 1.35. The molecule has 0 radical (unpaired) electrons. The summed E-state index contributed by atoms with van der Waals surface area (Å²) in [7, 11) is 0. The minimum atomic E-state index is 0.0274. The molecule has 1 N–H and O–H groups in total. The Balaban J connectivity index is 2.14. The highest BCUT2D eigenvalue weighted by Gasteiger charge is 2.04. The molecule has 0 aliphatic carbocycles. The van der Waals surface area contributed by atoms with Crippen LogP contribution in [0, 0.1) is 0 Å². The Morgan fingerprint density at radius 2 is 2.00 bits per heavy atom. The van der Waals surface area contributed by atoms with Crippen LogP contribution in [-0.4, -0.2) is 52.7 Å². The van der Waals surface area contributed by atoms with E-state index in [1.165, 1.54) is 11.8 Å². The van der Waals surface area contributed by atoms with E-state index in [2.05, 4.69) is 34.0 Å². The highest BCUT2D eigenvalue weighted by molar-refractivity contribution is 7.99. The van der Waals surface area contributed by atoms with Gasteiger partial charge in [-0.3, -0.25) is 4.79 Å². The van der Waals surface area contributed by atoms with Crippen LogP contribution < -0.4 is 5.32 Å². The van der Waals surface area contributed by atoms with Gasteiger partial charge >= 0.3 is 0 Å². The van der Waals surface area contributed by atoms with Gasteiger partial charge in [-0.15, -0.1) is 0 Å². The lowest BCUT2D eigenvalue weighted by atomic mass is 10.4. The van der Waals surface area contributed by atoms with Crippen LogP contribution in [0.3, 0.4) is 0 Å². The molecule has 0 spiro atoms. The molecule has 0 atom stereocenters. The number of rotatable bonds is 8. The predicted molar refractivity (Wildman–Crippen MR) is 73.6 cm³/mol. The first-order chi connectivity index (χ1) is 8.76. The number of hydrogen-bond donors (Lipinski definition) is 1. The van der Waals surface area contributed by atoms with Crippen molar-refractivity contribution in [2.45, 2.75) is 19.0 Å². The number of carbonyl (C=O) groups excluding carboxylic acids is 1. The smallest absolute Gasteiger partial charge is 0.230 e. The third kappa shape index (κ3) is 5.97. The van der Waals surface area contributed by atoms with Crippen molar-refractivity contribution in [2.75, 3.05) is 31.9 Å². The standard InChI is InChI=1S/C12H20N4OS/c1-3-16(4-2)9-8-13-11(17)10-18-12-14-6-5-7-15-12/h5-7H,3-4,8-10H2,1-2H3,(H,13,17). The highest BCUT2D eigenvalue weighted by atomic mass is 32.2. The first kappa shape index (κ1) is 14.9. The third-order valence-corrected chi connectivity index (χ3v) is 3.39. The summed E-state index contributed by atoms with van der Waals surface area (Å²) < 4.78 is 0. The largest absolute Gasteiger partial charge is 0.354 e. The van der Waals surface area contributed by atoms with Crippen LogP contribution in [0.25, 0.3) is 0 Å². The molecule has 6 heteroatoms. The fraction of sp³-hybridized carbons (Fsp3) is 0.583. The molecule has 0 saturated heterocycles. The second-order valence-corrected chi connectivity index (χ2v) is 4.64. The number of thioether (sulfide) groups is 1. The molecule has 1 rings (SSSR count). The normalized spacial score (nSPS) is 10.6. The van der Waals surface area contributed by atoms with Crippen LogP contribution >= 0.6 is 11.8 Å². The molecule has 1 aromatic heterocycles. The summed E-state index contributed by atoms with van der Waals surface area (Å²) in [4.78, 5) is 21.9. The fourth-order valence-corrected chi connectivity index (χ4v) is 2.07. The second kappa shape index (κ2) is 8.88. The molecule has 0 unspecified atom stereocenters. The van der Waals surface area contributed by atoms with E-state index >= 15 is 0 Å². The van der Waals surface area contributed by atoms with E-state index in [1.807, 2.05) is 0 Å². The number of aromatic nitrogens is 2. The number of amides is 1. The molecule has 100 valence electrons. The third-order valence-electron chi connectivity index (χ3n) is 2.52. The van der Waals surface area contributed by atoms with Gasteiger partial charge in [0.05, 0.1) is 5.75 Å². The Hall–Kier alpha value is -1.14. The Morgan fingerprint density at radius 1 is 1.33 bits per heavy atom. The Bertz CT molecular complexity index is 343. The van der Waals surface area contributed by atoms with Crippen molar-refractivity contribution >= 4 is 17.7 Å². The van der Waals surface area contributed by atoms with Gasteiger partial charge in [-0.1, -0.05) is 25.6 Å². The van der Waals surface area contributed by atoms with Gasteiger partial charge in [-0.05, 0) is 19.2 Å². The zero-order chi connectivity index (χ0) is 13.2. The van der Waals surface area contributed by atoms with E-state index in [-0.39, 0.29) is 5.91 Å². The van der Waals surface area contributed by atoms with Gasteiger partial charge in [-0.2, -0.15) is 0 Å². The number of hydrogen-bond acceptors (Lipinski definition) is 5. The maximum absolute atomic E-state index is 11.6. The summed E-state index contributed by atoms with van der Waals surface area (Å²) in [5.74, 6) is 0.391. The number of nitrogens with zero attached hydrogens (tertiary/aromatic N) is 3. The van der Waals surface area contributed by atoms with Crippen LogP contribution in [-0.2, 0) is 4.79 Å². The van der Waals surface area contributed by atoms with Crippen LogP contribution in [0.15, 0.2) is 23.6 Å². The zero-order valence-corrected chi connectivity index (χ0v) is 11.7. The molecule has 1 amide bonds. The summed E-state index contributed by atoms with van der Waals surface area (Å²) in [5, 5.41) is 3.53. The van der Waals surface area contributed by atoms with Crippen molar-refractivity contribution in [2.24, 2.45) is 0 Å². The summed E-state index contributed by atoms with van der Waals surface area (Å²) in [6, 6.07) is 1.76. The van der Waals surface area contributed by atoms with Crippen LogP contribution in [0.1, 0.15) is 13.8 Å². The van der Waals surface area contributed by atoms with Crippen LogP contribution in [0.4, 0.5) is 0 Å². The van der Waals surface area contributed by atoms with Gasteiger partial charge in [0.1, 0.15) is 0 Å². The second-order valence-electron chi connectivity index (χ2n) is 3.70. The van der Waals surface area contributed by atoms with E-state index in [0.29, 0.717) is 17.5 Å². The first-order valence-corrected chi connectivity index (χ1v) is 7.13. The topological polar surface area (TPSA) is 58.1 Å². The molecule has 1 aromatic rings. The molecule has 0 fully saturated rings. The lowest BCUT2D eigenvalue weighted by Crippen LogP contribution is -2.35. The fourth-order valence-electron chi connectivity index (χ4n) is 1.43. The molecule has 18 heavy (non-hydrogen) atoms. The van der Waals surface area contributed by atoms with Crippen molar-refractivity contribution in [3.63, 3.8) is 0 Å². The van der Waals surface area contributed by atoms with Crippen LogP contribution in [0.2, 0.25) is 0 Å². The average molecular weight is 268 g/mol. The number of nitrogens with one attached hydrogen (secondary N) is 1. The molecule has 0 aliphatic rings. The van der Waals surface area contributed by atoms with E-state index < -0.39 is 0 Å². The van der Waals surface area contributed by atoms with E-state index in [9.17, 15) is 4.79 Å². The monoisotopic (exact) mass is 268 g/mol. The van der Waals surface area contributed by atoms with Crippen molar-refractivity contribution < 1.29 is 4.79 Å². The van der Waals surface area contributed by atoms with Gasteiger partial charge < -0.3 is 10.2 Å². The Labute approximate surface area is 112 Å². The van der Waals surface area contributed by atoms with E-state index in [1.54, 1.807) is 18.5 Å². The minimum Gasteiger partial charge on any atom is -0.354 e. The van der Waals surface area contributed by atoms with Crippen molar-refractivity contribution in [1.29, 1.82) is 0 Å². The molecule has 0 aliphatic heterocycles. The van der Waals surface area contributed by atoms with E-state index in [0.717, 1.165) is 19.6 Å². The van der Waals surface area contributed by atoms with Gasteiger partial charge in [0.25, 0.3) is 0 Å². The van der Waals surface area contributed by atoms with Gasteiger partial charge in [0.2, 0.25) is 5.91 Å². The number of likely N-dealkylation sites (N-methyl/N-ethyl adjacent to an activating group) is 1. The maximum Gasteiger partial charge on any atom is 0.230 e. The zero-order valence-electron chi connectivity index (χ0n) is 10.9. The predicted octanol–water partition coefficient (Wildman–Crippen LogP) is 1.03. The average Bonchev–Trinajstić information content (AvgIpc) is 2.42. The van der Waals surface area contributed by atoms with Gasteiger partial charge in [0, 0.05) is 25.5 Å². The van der Waals surface area contributed by atoms with E-state index in [4.69, 9.17) is 0 Å². The summed E-state index contributed by atoms with van der Waals surface area (Å²) in [5.41, 5.74) is 0. The summed E-state index contributed by atoms with van der Waals surface area (Å²) in [6.45, 7) is 7.85. The van der Waals surface area contributed by atoms with Crippen molar-refractivity contribution in [1.82, 2.24) is 20.2 Å². The highest BCUT2D eigenvalue weighted by Crippen LogP contribution is 2.09. The molecule has 0 bridgehead atoms. The van der Waals surface area contributed by atoms with Crippen molar-refractivity contribution in [3.8, 4) is 0 Å². The Kier molecular flexibility index (Phi) is 7.36. The summed E-state index contributed by atoms with van der Waals surface area (Å²) in [6.07, 6.45) is 3.35. The molecular formula is C12H20N4OS. The molecule has 0 aromatic carbocycles. The minimum absolute atomic E-state index is 0.0274. The van der Waals surface area contributed by atoms with Gasteiger partial charge in [-0.25, -0.2) is 9.97 Å². The van der Waals surface area contributed by atoms with Crippen molar-refractivity contribution in [3.05, 3.63) is 18.5 Å². The lowest BCUT2D eigenvalue weighted by Gasteiger charge is -2.17. The van der Waals surface area contributed by atoms with Gasteiger partial charge in [0.15, 0.2) is 5.16 Å². The quantitative estimate of drug-likeness (QED) is 0.563. The SMILES string of the molecule is CCN(CC)CCNC(=O)CSc1ncccn1.